The molecule has 0 radical (unpaired) electrons. The van der Waals surface area contributed by atoms with Crippen LogP contribution in [-0.4, -0.2) is 49.2 Å². The summed E-state index contributed by atoms with van der Waals surface area (Å²) in [6.45, 7) is 4.35. The van der Waals surface area contributed by atoms with Crippen molar-refractivity contribution in [3.05, 3.63) is 78.5 Å². The largest absolute Gasteiger partial charge is 0.491 e. The molecule has 5 rings (SSSR count). The van der Waals surface area contributed by atoms with Gasteiger partial charge in [0.15, 0.2) is 11.6 Å². The first-order valence-corrected chi connectivity index (χ1v) is 12.7. The second-order valence-corrected chi connectivity index (χ2v) is 9.60. The Morgan fingerprint density at radius 1 is 1.08 bits per heavy atom. The number of rotatable bonds is 10. The zero-order valence-corrected chi connectivity index (χ0v) is 21.9. The number of carbonyl (C=O) groups is 2. The summed E-state index contributed by atoms with van der Waals surface area (Å²) in [4.78, 5) is 40.6. The van der Waals surface area contributed by atoms with Gasteiger partial charge in [-0.3, -0.25) is 24.2 Å². The second kappa shape index (κ2) is 11.3. The van der Waals surface area contributed by atoms with Gasteiger partial charge in [-0.05, 0) is 56.9 Å². The van der Waals surface area contributed by atoms with Crippen molar-refractivity contribution in [2.45, 2.75) is 32.8 Å². The Bertz CT molecular complexity index is 1450. The zero-order valence-electron chi connectivity index (χ0n) is 21.9. The average molecular weight is 528 g/mol. The molecule has 2 amide bonds. The second-order valence-electron chi connectivity index (χ2n) is 9.60. The summed E-state index contributed by atoms with van der Waals surface area (Å²) in [7, 11) is 1.77. The molecule has 11 heteroatoms. The summed E-state index contributed by atoms with van der Waals surface area (Å²) in [5.74, 6) is 1.78. The highest BCUT2D eigenvalue weighted by atomic mass is 16.5. The van der Waals surface area contributed by atoms with E-state index in [-0.39, 0.29) is 23.8 Å². The molecule has 1 aliphatic carbocycles. The van der Waals surface area contributed by atoms with Gasteiger partial charge in [-0.15, -0.1) is 0 Å². The maximum Gasteiger partial charge on any atom is 0.261 e. The van der Waals surface area contributed by atoms with Crippen LogP contribution in [0.4, 0.5) is 11.6 Å². The maximum atomic E-state index is 13.2. The van der Waals surface area contributed by atoms with Crippen molar-refractivity contribution in [3.63, 3.8) is 0 Å². The van der Waals surface area contributed by atoms with Gasteiger partial charge in [0.2, 0.25) is 5.88 Å². The quantitative estimate of drug-likeness (QED) is 0.320. The predicted octanol–water partition coefficient (Wildman–Crippen LogP) is 4.49. The summed E-state index contributed by atoms with van der Waals surface area (Å²) in [5, 5.41) is 6.95. The Labute approximate surface area is 225 Å². The van der Waals surface area contributed by atoms with E-state index in [1.54, 1.807) is 71.6 Å². The molecule has 0 spiro atoms. The van der Waals surface area contributed by atoms with E-state index in [0.29, 0.717) is 46.7 Å². The van der Waals surface area contributed by atoms with Gasteiger partial charge in [0.1, 0.15) is 11.5 Å². The van der Waals surface area contributed by atoms with Crippen LogP contribution in [0.2, 0.25) is 0 Å². The molecular weight excluding hydrogens is 498 g/mol. The Morgan fingerprint density at radius 2 is 1.90 bits per heavy atom. The van der Waals surface area contributed by atoms with Crippen LogP contribution in [0.5, 0.6) is 17.4 Å². The maximum absolute atomic E-state index is 13.2. The van der Waals surface area contributed by atoms with Gasteiger partial charge < -0.3 is 14.8 Å². The van der Waals surface area contributed by atoms with Crippen LogP contribution < -0.4 is 19.7 Å². The summed E-state index contributed by atoms with van der Waals surface area (Å²) in [5.41, 5.74) is 0.815. The molecule has 1 fully saturated rings. The smallest absolute Gasteiger partial charge is 0.261 e. The van der Waals surface area contributed by atoms with Gasteiger partial charge in [-0.1, -0.05) is 0 Å². The van der Waals surface area contributed by atoms with Crippen molar-refractivity contribution < 1.29 is 19.1 Å². The molecule has 0 bridgehead atoms. The van der Waals surface area contributed by atoms with Crippen LogP contribution in [0.15, 0.2) is 67.4 Å². The molecule has 3 heterocycles. The van der Waals surface area contributed by atoms with Crippen molar-refractivity contribution in [1.82, 2.24) is 24.7 Å². The third-order valence-electron chi connectivity index (χ3n) is 5.87. The monoisotopic (exact) mass is 527 g/mol. The highest BCUT2D eigenvalue weighted by Crippen LogP contribution is 2.32. The van der Waals surface area contributed by atoms with Crippen LogP contribution in [0, 0.1) is 5.92 Å². The molecule has 1 N–H and O–H groups in total. The number of pyridine rings is 1. The van der Waals surface area contributed by atoms with E-state index in [4.69, 9.17) is 9.47 Å². The molecule has 1 aliphatic rings. The third kappa shape index (κ3) is 6.75. The lowest BCUT2D eigenvalue weighted by Gasteiger charge is -2.21. The van der Waals surface area contributed by atoms with E-state index in [1.165, 1.54) is 12.4 Å². The molecule has 39 heavy (non-hydrogen) atoms. The number of hydrogen-bond donors (Lipinski definition) is 1. The molecule has 1 saturated carbocycles. The van der Waals surface area contributed by atoms with Crippen molar-refractivity contribution in [1.29, 1.82) is 0 Å². The third-order valence-corrected chi connectivity index (χ3v) is 5.87. The summed E-state index contributed by atoms with van der Waals surface area (Å²) < 4.78 is 13.4. The van der Waals surface area contributed by atoms with Crippen LogP contribution in [-0.2, 0) is 7.05 Å². The molecule has 1 aromatic carbocycles. The van der Waals surface area contributed by atoms with Gasteiger partial charge in [-0.25, -0.2) is 9.97 Å². The van der Waals surface area contributed by atoms with Crippen LogP contribution in [0.25, 0.3) is 0 Å². The normalized spacial score (nSPS) is 12.7. The fourth-order valence-corrected chi connectivity index (χ4v) is 3.88. The van der Waals surface area contributed by atoms with E-state index >= 15 is 0 Å². The Balaban J connectivity index is 1.36. The lowest BCUT2D eigenvalue weighted by molar-refractivity contribution is 0.0983. The molecular formula is C28H29N7O4. The van der Waals surface area contributed by atoms with Gasteiger partial charge in [0, 0.05) is 49.9 Å². The number of nitrogens with one attached hydrogen (secondary N) is 1. The SMILES string of the molecule is CC(C)Oc1cc(Oc2cnc(N(CC3CC3)C(=O)c3cccnc3)cn2)cc(C(=O)Nc2ccn(C)n2)c1. The van der Waals surface area contributed by atoms with E-state index in [0.717, 1.165) is 12.8 Å². The Kier molecular flexibility index (Phi) is 7.48. The number of benzene rings is 1. The fraction of sp³-hybridized carbons (Fsp3) is 0.286. The number of nitrogens with zero attached hydrogens (tertiary/aromatic N) is 6. The van der Waals surface area contributed by atoms with Crippen LogP contribution in [0.3, 0.4) is 0 Å². The van der Waals surface area contributed by atoms with Crippen molar-refractivity contribution in [2.75, 3.05) is 16.8 Å². The van der Waals surface area contributed by atoms with Gasteiger partial charge in [-0.2, -0.15) is 5.10 Å². The molecule has 0 saturated heterocycles. The lowest BCUT2D eigenvalue weighted by Crippen LogP contribution is -2.33. The minimum Gasteiger partial charge on any atom is -0.491 e. The van der Waals surface area contributed by atoms with E-state index in [1.807, 2.05) is 13.8 Å². The van der Waals surface area contributed by atoms with Crippen LogP contribution >= 0.6 is 0 Å². The summed E-state index contributed by atoms with van der Waals surface area (Å²) in [6, 6.07) is 10.1. The number of amides is 2. The zero-order chi connectivity index (χ0) is 27.4. The predicted molar refractivity (Wildman–Crippen MR) is 144 cm³/mol. The molecule has 3 aromatic heterocycles. The lowest BCUT2D eigenvalue weighted by atomic mass is 10.2. The van der Waals surface area contributed by atoms with E-state index in [9.17, 15) is 9.59 Å². The highest BCUT2D eigenvalue weighted by Gasteiger charge is 2.29. The average Bonchev–Trinajstić information content (AvgIpc) is 3.66. The van der Waals surface area contributed by atoms with Crippen molar-refractivity contribution in [2.24, 2.45) is 13.0 Å². The first-order chi connectivity index (χ1) is 18.8. The Morgan fingerprint density at radius 3 is 2.54 bits per heavy atom. The van der Waals surface area contributed by atoms with Gasteiger partial charge in [0.05, 0.1) is 24.1 Å². The fourth-order valence-electron chi connectivity index (χ4n) is 3.88. The Hall–Kier alpha value is -4.80. The number of aryl methyl sites for hydroxylation is 1. The topological polar surface area (TPSA) is 124 Å². The summed E-state index contributed by atoms with van der Waals surface area (Å²) in [6.07, 6.45) is 9.92. The van der Waals surface area contributed by atoms with Gasteiger partial charge in [0.25, 0.3) is 11.8 Å². The first kappa shape index (κ1) is 25.8. The van der Waals surface area contributed by atoms with Crippen molar-refractivity contribution >= 4 is 23.5 Å². The molecule has 4 aromatic rings. The minimum absolute atomic E-state index is 0.110. The number of aromatic nitrogens is 5. The van der Waals surface area contributed by atoms with E-state index < -0.39 is 0 Å². The molecule has 0 unspecified atom stereocenters. The number of carbonyl (C=O) groups excluding carboxylic acids is 2. The number of anilines is 2. The highest BCUT2D eigenvalue weighted by molar-refractivity contribution is 6.05. The van der Waals surface area contributed by atoms with E-state index in [2.05, 4.69) is 25.4 Å². The molecule has 0 atom stereocenters. The molecule has 0 aliphatic heterocycles. The minimum atomic E-state index is -0.362. The standard InChI is InChI=1S/C28H29N7O4/c1-18(2)38-22-11-21(27(36)32-24-8-10-34(3)33-24)12-23(13-22)39-26-16-30-25(15-31-26)35(17-19-6-7-19)28(37)20-5-4-9-29-14-20/h4-5,8-16,18-19H,6-7,17H2,1-3H3,(H,32,33,36). The van der Waals surface area contributed by atoms with Crippen LogP contribution in [0.1, 0.15) is 47.4 Å². The summed E-state index contributed by atoms with van der Waals surface area (Å²) >= 11 is 0. The van der Waals surface area contributed by atoms with Crippen molar-refractivity contribution in [3.8, 4) is 17.4 Å². The first-order valence-electron chi connectivity index (χ1n) is 12.7. The number of hydrogen-bond acceptors (Lipinski definition) is 8. The molecule has 11 nitrogen and oxygen atoms in total. The van der Waals surface area contributed by atoms with Gasteiger partial charge >= 0.3 is 0 Å². The molecule has 200 valence electrons. The number of ether oxygens (including phenoxy) is 2.